The standard InChI is InChI=1S/C63H54N2O12/c1-5-60(66)74-56-25-11-45(12-26-56)42-70-52-27-15-47(16-28-52)65(51-23-35-58(36-24-51)76-62(68)7-3)49-19-31-55(32-20-49)73-43-72-54-29-17-48(18-30-54)64(50-21-33-57(34-22-50)75-61(67)6-2)46-13-9-44(10-14-46)41-71-53-37-39-59(40-38-53)77-63(69)8-4/h5,8-40H,1,4,6-7,41-43H2,2-3H3. The van der Waals surface area contributed by atoms with E-state index in [-0.39, 0.29) is 31.6 Å². The fraction of sp³-hybridized carbons (Fsp3) is 0.111. The van der Waals surface area contributed by atoms with Crippen molar-refractivity contribution in [2.75, 3.05) is 16.6 Å². The Kier molecular flexibility index (Phi) is 18.1. The van der Waals surface area contributed by atoms with Crippen molar-refractivity contribution in [3.63, 3.8) is 0 Å². The number of nitrogens with zero attached hydrogens (tertiary/aromatic N) is 2. The topological polar surface area (TPSA) is 149 Å². The third kappa shape index (κ3) is 15.0. The Morgan fingerprint density at radius 3 is 0.883 bits per heavy atom. The highest BCUT2D eigenvalue weighted by molar-refractivity contribution is 5.84. The lowest BCUT2D eigenvalue weighted by atomic mass is 10.1. The highest BCUT2D eigenvalue weighted by Gasteiger charge is 2.17. The largest absolute Gasteiger partial charge is 0.489 e. The predicted molar refractivity (Wildman–Crippen MR) is 293 cm³/mol. The second-order valence-electron chi connectivity index (χ2n) is 16.8. The summed E-state index contributed by atoms with van der Waals surface area (Å²) in [4.78, 5) is 51.2. The van der Waals surface area contributed by atoms with Crippen LogP contribution < -0.4 is 47.7 Å². The van der Waals surface area contributed by atoms with Gasteiger partial charge in [0.1, 0.15) is 59.2 Å². The summed E-state index contributed by atoms with van der Waals surface area (Å²) in [6.07, 6.45) is 2.73. The number of esters is 4. The Bertz CT molecular complexity index is 3030. The molecular formula is C63H54N2O12. The van der Waals surface area contributed by atoms with Crippen LogP contribution in [0.2, 0.25) is 0 Å². The molecule has 8 aromatic rings. The number of anilines is 6. The van der Waals surface area contributed by atoms with Crippen molar-refractivity contribution in [1.82, 2.24) is 0 Å². The number of carbonyl (C=O) groups is 4. The second kappa shape index (κ2) is 26.2. The minimum Gasteiger partial charge on any atom is -0.489 e. The van der Waals surface area contributed by atoms with Gasteiger partial charge < -0.3 is 47.7 Å². The molecule has 0 unspecified atom stereocenters. The Labute approximate surface area is 446 Å². The van der Waals surface area contributed by atoms with Crippen molar-refractivity contribution in [2.24, 2.45) is 0 Å². The minimum absolute atomic E-state index is 0.0627. The third-order valence-electron chi connectivity index (χ3n) is 11.5. The van der Waals surface area contributed by atoms with E-state index in [0.717, 1.165) is 57.4 Å². The minimum atomic E-state index is -0.537. The van der Waals surface area contributed by atoms with Crippen LogP contribution in [0.1, 0.15) is 37.8 Å². The quantitative estimate of drug-likeness (QED) is 0.0244. The summed E-state index contributed by atoms with van der Waals surface area (Å²) in [7, 11) is 0. The smallest absolute Gasteiger partial charge is 0.335 e. The lowest BCUT2D eigenvalue weighted by Crippen LogP contribution is -2.11. The van der Waals surface area contributed by atoms with Gasteiger partial charge in [0.15, 0.2) is 0 Å². The molecule has 388 valence electrons. The third-order valence-corrected chi connectivity index (χ3v) is 11.5. The van der Waals surface area contributed by atoms with Crippen molar-refractivity contribution < 1.29 is 57.1 Å². The summed E-state index contributed by atoms with van der Waals surface area (Å²) in [5, 5.41) is 0. The maximum Gasteiger partial charge on any atom is 0.335 e. The van der Waals surface area contributed by atoms with Gasteiger partial charge in [-0.15, -0.1) is 0 Å². The molecule has 0 aliphatic rings. The first-order valence-electron chi connectivity index (χ1n) is 24.6. The van der Waals surface area contributed by atoms with Gasteiger partial charge in [0.05, 0.1) is 0 Å². The van der Waals surface area contributed by atoms with Crippen LogP contribution >= 0.6 is 0 Å². The van der Waals surface area contributed by atoms with Crippen LogP contribution in [0.15, 0.2) is 219 Å². The molecular weight excluding hydrogens is 977 g/mol. The maximum absolute atomic E-state index is 12.0. The highest BCUT2D eigenvalue weighted by Crippen LogP contribution is 2.39. The zero-order chi connectivity index (χ0) is 53.9. The van der Waals surface area contributed by atoms with Gasteiger partial charge in [0, 0.05) is 59.1 Å². The van der Waals surface area contributed by atoms with Crippen LogP contribution in [-0.2, 0) is 32.4 Å². The van der Waals surface area contributed by atoms with Gasteiger partial charge in [-0.3, -0.25) is 9.59 Å². The summed E-state index contributed by atoms with van der Waals surface area (Å²) < 4.78 is 45.4. The number of ether oxygens (including phenoxy) is 8. The van der Waals surface area contributed by atoms with Gasteiger partial charge in [-0.05, 0) is 181 Å². The summed E-state index contributed by atoms with van der Waals surface area (Å²) >= 11 is 0. The molecule has 0 aliphatic heterocycles. The van der Waals surface area contributed by atoms with Crippen LogP contribution in [0, 0.1) is 0 Å². The summed E-state index contributed by atoms with van der Waals surface area (Å²) in [5.74, 6) is 2.43. The molecule has 0 N–H and O–H groups in total. The zero-order valence-corrected chi connectivity index (χ0v) is 42.4. The molecule has 0 saturated heterocycles. The van der Waals surface area contributed by atoms with E-state index >= 15 is 0 Å². The van der Waals surface area contributed by atoms with E-state index in [9.17, 15) is 19.2 Å². The van der Waals surface area contributed by atoms with E-state index < -0.39 is 11.9 Å². The maximum atomic E-state index is 12.0. The van der Waals surface area contributed by atoms with E-state index in [4.69, 9.17) is 37.9 Å². The molecule has 0 spiro atoms. The Hall–Kier alpha value is -10.1. The molecule has 0 atom stereocenters. The summed E-state index contributed by atoms with van der Waals surface area (Å²) in [5.41, 5.74) is 6.85. The molecule has 8 aromatic carbocycles. The second-order valence-corrected chi connectivity index (χ2v) is 16.8. The number of hydrogen-bond acceptors (Lipinski definition) is 14. The van der Waals surface area contributed by atoms with E-state index in [1.165, 1.54) is 0 Å². The lowest BCUT2D eigenvalue weighted by Gasteiger charge is -2.26. The molecule has 0 radical (unpaired) electrons. The molecule has 8 rings (SSSR count). The molecule has 14 nitrogen and oxygen atoms in total. The van der Waals surface area contributed by atoms with Crippen LogP contribution in [0.5, 0.6) is 46.0 Å². The Balaban J connectivity index is 0.924. The Morgan fingerprint density at radius 1 is 0.338 bits per heavy atom. The van der Waals surface area contributed by atoms with E-state index in [2.05, 4.69) is 23.0 Å². The molecule has 0 aliphatic carbocycles. The van der Waals surface area contributed by atoms with Crippen molar-refractivity contribution in [2.45, 2.75) is 39.9 Å². The first kappa shape index (κ1) is 53.2. The van der Waals surface area contributed by atoms with Crippen LogP contribution in [-0.4, -0.2) is 30.7 Å². The van der Waals surface area contributed by atoms with E-state index in [0.29, 0.717) is 59.2 Å². The van der Waals surface area contributed by atoms with Gasteiger partial charge in [-0.2, -0.15) is 0 Å². The van der Waals surface area contributed by atoms with Crippen molar-refractivity contribution >= 4 is 58.0 Å². The van der Waals surface area contributed by atoms with Gasteiger partial charge in [0.2, 0.25) is 6.79 Å². The van der Waals surface area contributed by atoms with Gasteiger partial charge in [-0.1, -0.05) is 51.3 Å². The SMILES string of the molecule is C=CC(=O)Oc1ccc(COc2ccc(N(c3ccc(OCOc4ccc(N(c5ccc(COc6ccc(OC(=O)C=C)cc6)cc5)c5ccc(OC(=O)CC)cc5)cc4)cc3)c3ccc(OC(=O)CC)cc3)cc2)cc1. The highest BCUT2D eigenvalue weighted by atomic mass is 16.7. The molecule has 0 fully saturated rings. The Morgan fingerprint density at radius 2 is 0.571 bits per heavy atom. The fourth-order valence-electron chi connectivity index (χ4n) is 7.52. The van der Waals surface area contributed by atoms with Crippen molar-refractivity contribution in [1.29, 1.82) is 0 Å². The molecule has 77 heavy (non-hydrogen) atoms. The van der Waals surface area contributed by atoms with E-state index in [1.807, 2.05) is 133 Å². The van der Waals surface area contributed by atoms with Crippen molar-refractivity contribution in [3.8, 4) is 46.0 Å². The predicted octanol–water partition coefficient (Wildman–Crippen LogP) is 14.0. The molecule has 0 saturated carbocycles. The number of benzene rings is 8. The number of rotatable bonds is 24. The lowest BCUT2D eigenvalue weighted by molar-refractivity contribution is -0.134. The van der Waals surface area contributed by atoms with E-state index in [1.54, 1.807) is 74.5 Å². The van der Waals surface area contributed by atoms with Gasteiger partial charge in [0.25, 0.3) is 0 Å². The molecule has 0 aromatic heterocycles. The summed E-state index contributed by atoms with van der Waals surface area (Å²) in [6.45, 7) is 10.9. The van der Waals surface area contributed by atoms with Gasteiger partial charge in [-0.25, -0.2) is 9.59 Å². The molecule has 0 bridgehead atoms. The zero-order valence-electron chi connectivity index (χ0n) is 42.4. The van der Waals surface area contributed by atoms with Crippen LogP contribution in [0.3, 0.4) is 0 Å². The monoisotopic (exact) mass is 1030 g/mol. The first-order valence-corrected chi connectivity index (χ1v) is 24.6. The summed E-state index contributed by atoms with van der Waals surface area (Å²) in [6, 6.07) is 59.3. The fourth-order valence-corrected chi connectivity index (χ4v) is 7.52. The number of carbonyl (C=O) groups excluding carboxylic acids is 4. The average molecular weight is 1030 g/mol. The normalized spacial score (nSPS) is 10.5. The number of hydrogen-bond donors (Lipinski definition) is 0. The molecule has 0 heterocycles. The first-order chi connectivity index (χ1) is 37.6. The van der Waals surface area contributed by atoms with Crippen LogP contribution in [0.4, 0.5) is 34.1 Å². The average Bonchev–Trinajstić information content (AvgIpc) is 3.47. The molecule has 14 heteroatoms. The molecule has 0 amide bonds. The van der Waals surface area contributed by atoms with Crippen LogP contribution in [0.25, 0.3) is 0 Å². The van der Waals surface area contributed by atoms with Crippen molar-refractivity contribution in [3.05, 3.63) is 231 Å². The van der Waals surface area contributed by atoms with Gasteiger partial charge >= 0.3 is 23.9 Å².